The van der Waals surface area contributed by atoms with Crippen LogP contribution in [-0.4, -0.2) is 29.0 Å². The van der Waals surface area contributed by atoms with Crippen LogP contribution in [0.3, 0.4) is 0 Å². The van der Waals surface area contributed by atoms with Gasteiger partial charge in [-0.2, -0.15) is 0 Å². The number of thioether (sulfide) groups is 1. The fourth-order valence-corrected chi connectivity index (χ4v) is 3.84. The smallest absolute Gasteiger partial charge is 0.238 e. The van der Waals surface area contributed by atoms with Crippen molar-refractivity contribution in [1.82, 2.24) is 4.90 Å². The number of nitrogens with zero attached hydrogens (tertiary/aromatic N) is 1. The Morgan fingerprint density at radius 3 is 2.69 bits per heavy atom. The zero-order chi connectivity index (χ0) is 18.8. The van der Waals surface area contributed by atoms with E-state index in [0.29, 0.717) is 5.56 Å². The molecule has 0 spiro atoms. The van der Waals surface area contributed by atoms with Crippen LogP contribution in [-0.2, 0) is 9.59 Å². The van der Waals surface area contributed by atoms with E-state index in [4.69, 9.17) is 0 Å². The maximum Gasteiger partial charge on any atom is 0.238 e. The summed E-state index contributed by atoms with van der Waals surface area (Å²) in [5.41, 5.74) is 1.24. The first-order valence-electron chi connectivity index (χ1n) is 8.14. The maximum atomic E-state index is 13.4. The second kappa shape index (κ2) is 7.45. The van der Waals surface area contributed by atoms with Gasteiger partial charge in [0.25, 0.3) is 0 Å². The number of hydrogen-bond acceptors (Lipinski definition) is 3. The average Bonchev–Trinajstić information content (AvgIpc) is 2.63. The second-order valence-corrected chi connectivity index (χ2v) is 7.39. The third kappa shape index (κ3) is 3.72. The zero-order valence-electron chi connectivity index (χ0n) is 14.3. The number of amides is 2. The van der Waals surface area contributed by atoms with Crippen molar-refractivity contribution >= 4 is 29.3 Å². The van der Waals surface area contributed by atoms with E-state index in [0.717, 1.165) is 22.7 Å². The molecule has 2 aromatic carbocycles. The predicted octanol–water partition coefficient (Wildman–Crippen LogP) is 3.99. The lowest BCUT2D eigenvalue weighted by atomic mass is 10.1. The quantitative estimate of drug-likeness (QED) is 0.878. The Balaban J connectivity index is 1.69. The molecule has 2 amide bonds. The predicted molar refractivity (Wildman–Crippen MR) is 96.9 cm³/mol. The molecule has 1 aliphatic rings. The van der Waals surface area contributed by atoms with E-state index in [1.54, 1.807) is 14.0 Å². The topological polar surface area (TPSA) is 49.4 Å². The molecule has 0 fully saturated rings. The number of rotatable bonds is 4. The number of carbonyl (C=O) groups is 2. The molecule has 4 nitrogen and oxygen atoms in total. The molecule has 1 aliphatic heterocycles. The number of halogens is 2. The minimum atomic E-state index is -0.950. The molecule has 26 heavy (non-hydrogen) atoms. The number of carbonyl (C=O) groups excluding carboxylic acids is 2. The fourth-order valence-electron chi connectivity index (χ4n) is 2.74. The van der Waals surface area contributed by atoms with Gasteiger partial charge in [0.2, 0.25) is 11.8 Å². The molecule has 0 aliphatic carbocycles. The number of benzene rings is 2. The maximum absolute atomic E-state index is 13.4. The van der Waals surface area contributed by atoms with Crippen molar-refractivity contribution in [1.29, 1.82) is 0 Å². The number of nitrogens with one attached hydrogen (secondary N) is 1. The van der Waals surface area contributed by atoms with E-state index in [9.17, 15) is 18.4 Å². The summed E-state index contributed by atoms with van der Waals surface area (Å²) in [4.78, 5) is 27.2. The zero-order valence-corrected chi connectivity index (χ0v) is 15.1. The number of hydrogen-bond donors (Lipinski definition) is 1. The van der Waals surface area contributed by atoms with Gasteiger partial charge in [-0.15, -0.1) is 11.8 Å². The standard InChI is InChI=1S/C19H18F2N2O2S/c1-11(12-7-8-13(20)14(21)9-12)23(2)18(24)10-17-19(25)22-15-5-3-4-6-16(15)26-17/h3-9,11,17H,10H2,1-2H3,(H,22,25). The minimum absolute atomic E-state index is 0.0232. The van der Waals surface area contributed by atoms with E-state index >= 15 is 0 Å². The lowest BCUT2D eigenvalue weighted by Crippen LogP contribution is -2.36. The molecular weight excluding hydrogens is 358 g/mol. The first-order valence-corrected chi connectivity index (χ1v) is 9.02. The van der Waals surface area contributed by atoms with Crippen molar-refractivity contribution < 1.29 is 18.4 Å². The highest BCUT2D eigenvalue weighted by molar-refractivity contribution is 8.01. The lowest BCUT2D eigenvalue weighted by Gasteiger charge is -2.29. The SMILES string of the molecule is CC(c1ccc(F)c(F)c1)N(C)C(=O)CC1Sc2ccccc2NC1=O. The molecule has 136 valence electrons. The van der Waals surface area contributed by atoms with Gasteiger partial charge in [0, 0.05) is 18.4 Å². The fraction of sp³-hybridized carbons (Fsp3) is 0.263. The Labute approximate surface area is 154 Å². The third-order valence-corrected chi connectivity index (χ3v) is 5.74. The number of fused-ring (bicyclic) bond motifs is 1. The van der Waals surface area contributed by atoms with Crippen LogP contribution in [0.25, 0.3) is 0 Å². The molecule has 1 N–H and O–H groups in total. The molecule has 2 atom stereocenters. The van der Waals surface area contributed by atoms with E-state index in [-0.39, 0.29) is 18.2 Å². The lowest BCUT2D eigenvalue weighted by molar-refractivity contribution is -0.133. The molecule has 2 unspecified atom stereocenters. The molecule has 2 aromatic rings. The van der Waals surface area contributed by atoms with E-state index < -0.39 is 22.9 Å². The summed E-state index contributed by atoms with van der Waals surface area (Å²) in [6, 6.07) is 10.6. The summed E-state index contributed by atoms with van der Waals surface area (Å²) in [6.45, 7) is 1.73. The third-order valence-electron chi connectivity index (χ3n) is 4.47. The van der Waals surface area contributed by atoms with Crippen molar-refractivity contribution in [3.8, 4) is 0 Å². The molecule has 7 heteroatoms. The molecule has 0 saturated heterocycles. The van der Waals surface area contributed by atoms with Crippen molar-refractivity contribution in [2.24, 2.45) is 0 Å². The van der Waals surface area contributed by atoms with Gasteiger partial charge in [-0.3, -0.25) is 9.59 Å². The largest absolute Gasteiger partial charge is 0.339 e. The van der Waals surface area contributed by atoms with Crippen molar-refractivity contribution in [2.75, 3.05) is 12.4 Å². The van der Waals surface area contributed by atoms with Crippen LogP contribution in [0.2, 0.25) is 0 Å². The van der Waals surface area contributed by atoms with E-state index in [1.165, 1.54) is 22.7 Å². The van der Waals surface area contributed by atoms with E-state index in [1.807, 2.05) is 24.3 Å². The molecule has 0 aromatic heterocycles. The van der Waals surface area contributed by atoms with Crippen LogP contribution in [0, 0.1) is 11.6 Å². The van der Waals surface area contributed by atoms with Gasteiger partial charge in [0.15, 0.2) is 11.6 Å². The summed E-state index contributed by atoms with van der Waals surface area (Å²) in [5.74, 6) is -2.33. The normalized spacial score (nSPS) is 17.2. The molecule has 0 saturated carbocycles. The highest BCUT2D eigenvalue weighted by Crippen LogP contribution is 2.37. The van der Waals surface area contributed by atoms with E-state index in [2.05, 4.69) is 5.32 Å². The highest BCUT2D eigenvalue weighted by atomic mass is 32.2. The molecule has 1 heterocycles. The van der Waals surface area contributed by atoms with Gasteiger partial charge in [0.1, 0.15) is 0 Å². The van der Waals surface area contributed by atoms with Crippen LogP contribution >= 0.6 is 11.8 Å². The van der Waals surface area contributed by atoms with Gasteiger partial charge in [-0.25, -0.2) is 8.78 Å². The van der Waals surface area contributed by atoms with Crippen LogP contribution < -0.4 is 5.32 Å². The second-order valence-electron chi connectivity index (χ2n) is 6.15. The summed E-state index contributed by atoms with van der Waals surface area (Å²) in [5, 5.41) is 2.28. The average molecular weight is 376 g/mol. The molecule has 0 bridgehead atoms. The Hall–Kier alpha value is -2.41. The number of anilines is 1. The minimum Gasteiger partial charge on any atom is -0.339 e. The van der Waals surface area contributed by atoms with Crippen LogP contribution in [0.1, 0.15) is 24.9 Å². The van der Waals surface area contributed by atoms with Gasteiger partial charge in [-0.1, -0.05) is 18.2 Å². The number of para-hydroxylation sites is 1. The van der Waals surface area contributed by atoms with Crippen molar-refractivity contribution in [3.63, 3.8) is 0 Å². The summed E-state index contributed by atoms with van der Waals surface area (Å²) >= 11 is 1.35. The Bertz CT molecular complexity index is 859. The summed E-state index contributed by atoms with van der Waals surface area (Å²) in [6.07, 6.45) is 0.0232. The Kier molecular flexibility index (Phi) is 5.27. The monoisotopic (exact) mass is 376 g/mol. The summed E-state index contributed by atoms with van der Waals surface area (Å²) < 4.78 is 26.5. The first-order chi connectivity index (χ1) is 12.4. The van der Waals surface area contributed by atoms with Gasteiger partial charge < -0.3 is 10.2 Å². The summed E-state index contributed by atoms with van der Waals surface area (Å²) in [7, 11) is 1.59. The van der Waals surface area contributed by atoms with Crippen LogP contribution in [0.5, 0.6) is 0 Å². The molecule has 0 radical (unpaired) electrons. The van der Waals surface area contributed by atoms with Gasteiger partial charge in [-0.05, 0) is 36.8 Å². The van der Waals surface area contributed by atoms with Gasteiger partial charge >= 0.3 is 0 Å². The van der Waals surface area contributed by atoms with Crippen molar-refractivity contribution in [2.45, 2.75) is 29.5 Å². The van der Waals surface area contributed by atoms with Crippen LogP contribution in [0.15, 0.2) is 47.4 Å². The molecule has 3 rings (SSSR count). The van der Waals surface area contributed by atoms with Crippen molar-refractivity contribution in [3.05, 3.63) is 59.7 Å². The van der Waals surface area contributed by atoms with Gasteiger partial charge in [0.05, 0.1) is 17.0 Å². The molecular formula is C19H18F2N2O2S. The van der Waals surface area contributed by atoms with Crippen LogP contribution in [0.4, 0.5) is 14.5 Å². The Morgan fingerprint density at radius 1 is 1.23 bits per heavy atom. The first kappa shape index (κ1) is 18.4. The Morgan fingerprint density at radius 2 is 1.96 bits per heavy atom. The highest BCUT2D eigenvalue weighted by Gasteiger charge is 2.30.